The number of carbonyl (C=O) groups excluding carboxylic acids is 1. The van der Waals surface area contributed by atoms with Gasteiger partial charge in [0.05, 0.1) is 0 Å². The molecular weight excluding hydrogens is 286 g/mol. The summed E-state index contributed by atoms with van der Waals surface area (Å²) in [6.45, 7) is 13.7. The Morgan fingerprint density at radius 3 is 2.74 bits per heavy atom. The first kappa shape index (κ1) is 18.0. The van der Waals surface area contributed by atoms with Crippen molar-refractivity contribution in [1.29, 1.82) is 0 Å². The molecule has 4 heteroatoms. The van der Waals surface area contributed by atoms with Crippen LogP contribution in [0.15, 0.2) is 6.20 Å². The predicted molar refractivity (Wildman–Crippen MR) is 94.5 cm³/mol. The molecule has 0 aliphatic carbocycles. The summed E-state index contributed by atoms with van der Waals surface area (Å²) in [7, 11) is 0. The first-order chi connectivity index (χ1) is 10.8. The Balaban J connectivity index is 2.04. The van der Waals surface area contributed by atoms with Crippen molar-refractivity contribution in [3.8, 4) is 0 Å². The van der Waals surface area contributed by atoms with Crippen LogP contribution in [0.3, 0.4) is 0 Å². The summed E-state index contributed by atoms with van der Waals surface area (Å²) in [5.41, 5.74) is 0.983. The van der Waals surface area contributed by atoms with E-state index >= 15 is 0 Å². The van der Waals surface area contributed by atoms with Gasteiger partial charge in [-0.15, -0.1) is 0 Å². The zero-order valence-corrected chi connectivity index (χ0v) is 15.7. The molecule has 1 fully saturated rings. The lowest BCUT2D eigenvalue weighted by Crippen LogP contribution is -2.43. The summed E-state index contributed by atoms with van der Waals surface area (Å²) in [5.74, 6) is 1.48. The zero-order valence-electron chi connectivity index (χ0n) is 15.7. The summed E-state index contributed by atoms with van der Waals surface area (Å²) in [6.07, 6.45) is 7.10. The van der Waals surface area contributed by atoms with Crippen molar-refractivity contribution in [1.82, 2.24) is 14.5 Å². The Kier molecular flexibility index (Phi) is 5.53. The van der Waals surface area contributed by atoms with Gasteiger partial charge in [0, 0.05) is 42.4 Å². The minimum absolute atomic E-state index is 0.240. The van der Waals surface area contributed by atoms with Crippen LogP contribution in [0.25, 0.3) is 0 Å². The molecule has 1 aromatic heterocycles. The van der Waals surface area contributed by atoms with Gasteiger partial charge in [0.2, 0.25) is 5.91 Å². The molecule has 1 saturated heterocycles. The molecule has 1 aliphatic rings. The van der Waals surface area contributed by atoms with Crippen molar-refractivity contribution in [2.24, 2.45) is 5.41 Å². The number of nitrogens with zero attached hydrogens (tertiary/aromatic N) is 3. The number of carbonyl (C=O) groups is 1. The van der Waals surface area contributed by atoms with Gasteiger partial charge in [-0.25, -0.2) is 4.98 Å². The van der Waals surface area contributed by atoms with Crippen molar-refractivity contribution < 1.29 is 4.79 Å². The molecule has 1 amide bonds. The SMILES string of the molecule is CCC(C)(C)C(=O)N1CCC[C@@H]1CCc1ncc(C)n1C(C)C. The van der Waals surface area contributed by atoms with Crippen LogP contribution in [-0.2, 0) is 11.2 Å². The lowest BCUT2D eigenvalue weighted by molar-refractivity contribution is -0.141. The maximum Gasteiger partial charge on any atom is 0.228 e. The summed E-state index contributed by atoms with van der Waals surface area (Å²) >= 11 is 0. The highest BCUT2D eigenvalue weighted by Gasteiger charge is 2.36. The smallest absolute Gasteiger partial charge is 0.228 e. The van der Waals surface area contributed by atoms with Crippen LogP contribution in [-0.4, -0.2) is 32.9 Å². The Bertz CT molecular complexity index is 545. The van der Waals surface area contributed by atoms with E-state index in [1.165, 1.54) is 5.69 Å². The van der Waals surface area contributed by atoms with Gasteiger partial charge in [-0.2, -0.15) is 0 Å². The second-order valence-electron chi connectivity index (χ2n) is 7.85. The Hall–Kier alpha value is -1.32. The summed E-state index contributed by atoms with van der Waals surface area (Å²) in [6, 6.07) is 0.818. The topological polar surface area (TPSA) is 38.1 Å². The van der Waals surface area contributed by atoms with Gasteiger partial charge in [0.1, 0.15) is 5.82 Å². The minimum Gasteiger partial charge on any atom is -0.339 e. The number of imidazole rings is 1. The van der Waals surface area contributed by atoms with E-state index in [-0.39, 0.29) is 5.41 Å². The van der Waals surface area contributed by atoms with Gasteiger partial charge in [-0.3, -0.25) is 4.79 Å². The molecule has 1 aromatic rings. The molecule has 0 saturated carbocycles. The molecule has 1 atom stereocenters. The van der Waals surface area contributed by atoms with E-state index in [2.05, 4.69) is 56.0 Å². The van der Waals surface area contributed by atoms with E-state index in [1.807, 2.05) is 6.20 Å². The van der Waals surface area contributed by atoms with E-state index in [9.17, 15) is 4.79 Å². The fourth-order valence-corrected chi connectivity index (χ4v) is 3.63. The van der Waals surface area contributed by atoms with E-state index in [0.717, 1.165) is 44.5 Å². The predicted octanol–water partition coefficient (Wildman–Crippen LogP) is 4.13. The number of likely N-dealkylation sites (tertiary alicyclic amines) is 1. The highest BCUT2D eigenvalue weighted by Crippen LogP contribution is 2.30. The molecule has 2 heterocycles. The van der Waals surface area contributed by atoms with Gasteiger partial charge in [-0.1, -0.05) is 20.8 Å². The van der Waals surface area contributed by atoms with E-state index in [4.69, 9.17) is 0 Å². The van der Waals surface area contributed by atoms with Gasteiger partial charge in [0.15, 0.2) is 0 Å². The summed E-state index contributed by atoms with van der Waals surface area (Å²) in [4.78, 5) is 19.5. The van der Waals surface area contributed by atoms with Crippen LogP contribution < -0.4 is 0 Å². The van der Waals surface area contributed by atoms with Crippen LogP contribution in [0.1, 0.15) is 77.9 Å². The molecule has 2 rings (SSSR count). The molecule has 4 nitrogen and oxygen atoms in total. The average Bonchev–Trinajstić information content (AvgIpc) is 3.10. The van der Waals surface area contributed by atoms with E-state index in [0.29, 0.717) is 18.0 Å². The lowest BCUT2D eigenvalue weighted by Gasteiger charge is -2.32. The molecular formula is C19H33N3O. The monoisotopic (exact) mass is 319 g/mol. The minimum atomic E-state index is -0.240. The first-order valence-electron chi connectivity index (χ1n) is 9.11. The average molecular weight is 319 g/mol. The lowest BCUT2D eigenvalue weighted by atomic mass is 9.88. The van der Waals surface area contributed by atoms with Crippen molar-refractivity contribution in [3.05, 3.63) is 17.7 Å². The molecule has 23 heavy (non-hydrogen) atoms. The maximum absolute atomic E-state index is 12.8. The van der Waals surface area contributed by atoms with Crippen molar-refractivity contribution >= 4 is 5.91 Å². The third-order valence-electron chi connectivity index (χ3n) is 5.38. The molecule has 0 spiro atoms. The normalized spacial score (nSPS) is 18.9. The Morgan fingerprint density at radius 2 is 2.13 bits per heavy atom. The van der Waals surface area contributed by atoms with Crippen molar-refractivity contribution in [2.75, 3.05) is 6.54 Å². The Morgan fingerprint density at radius 1 is 1.43 bits per heavy atom. The Labute approximate surface area is 141 Å². The fraction of sp³-hybridized carbons (Fsp3) is 0.789. The summed E-state index contributed by atoms with van der Waals surface area (Å²) in [5, 5.41) is 0. The molecule has 0 bridgehead atoms. The third kappa shape index (κ3) is 3.78. The van der Waals surface area contributed by atoms with Gasteiger partial charge >= 0.3 is 0 Å². The number of rotatable bonds is 6. The molecule has 0 N–H and O–H groups in total. The van der Waals surface area contributed by atoms with Crippen molar-refractivity contribution in [3.63, 3.8) is 0 Å². The second-order valence-corrected chi connectivity index (χ2v) is 7.85. The third-order valence-corrected chi connectivity index (χ3v) is 5.38. The van der Waals surface area contributed by atoms with Gasteiger partial charge in [0.25, 0.3) is 0 Å². The molecule has 130 valence electrons. The number of aromatic nitrogens is 2. The largest absolute Gasteiger partial charge is 0.339 e. The molecule has 1 aliphatic heterocycles. The number of hydrogen-bond acceptors (Lipinski definition) is 2. The fourth-order valence-electron chi connectivity index (χ4n) is 3.63. The van der Waals surface area contributed by atoms with Gasteiger partial charge < -0.3 is 9.47 Å². The van der Waals surface area contributed by atoms with Gasteiger partial charge in [-0.05, 0) is 46.5 Å². The second kappa shape index (κ2) is 7.06. The van der Waals surface area contributed by atoms with Crippen LogP contribution in [0, 0.1) is 12.3 Å². The highest BCUT2D eigenvalue weighted by atomic mass is 16.2. The maximum atomic E-state index is 12.8. The van der Waals surface area contributed by atoms with Crippen molar-refractivity contribution in [2.45, 2.75) is 85.7 Å². The highest BCUT2D eigenvalue weighted by molar-refractivity contribution is 5.82. The van der Waals surface area contributed by atoms with Crippen LogP contribution in [0.4, 0.5) is 0 Å². The molecule has 0 unspecified atom stereocenters. The van der Waals surface area contributed by atoms with E-state index in [1.54, 1.807) is 0 Å². The first-order valence-corrected chi connectivity index (χ1v) is 9.11. The number of amides is 1. The molecule has 0 radical (unpaired) electrons. The van der Waals surface area contributed by atoms with Crippen LogP contribution >= 0.6 is 0 Å². The van der Waals surface area contributed by atoms with Crippen LogP contribution in [0.2, 0.25) is 0 Å². The number of hydrogen-bond donors (Lipinski definition) is 0. The zero-order chi connectivity index (χ0) is 17.2. The summed E-state index contributed by atoms with van der Waals surface area (Å²) < 4.78 is 2.32. The molecule has 0 aromatic carbocycles. The van der Waals surface area contributed by atoms with Crippen LogP contribution in [0.5, 0.6) is 0 Å². The quantitative estimate of drug-likeness (QED) is 0.790. The standard InChI is InChI=1S/C19H33N3O/c1-7-19(5,6)18(23)21-12-8-9-16(21)10-11-17-20-13-15(4)22(17)14(2)3/h13-14,16H,7-12H2,1-6H3/t16-/m1/s1. The number of aryl methyl sites for hydroxylation is 2. The van der Waals surface area contributed by atoms with E-state index < -0.39 is 0 Å².